The van der Waals surface area contributed by atoms with Crippen LogP contribution in [0.25, 0.3) is 16.8 Å². The van der Waals surface area contributed by atoms with E-state index in [1.54, 1.807) is 6.08 Å². The summed E-state index contributed by atoms with van der Waals surface area (Å²) in [6.45, 7) is 2.96. The number of benzene rings is 4. The van der Waals surface area contributed by atoms with Crippen molar-refractivity contribution >= 4 is 28.7 Å². The minimum atomic E-state index is -0.477. The predicted molar refractivity (Wildman–Crippen MR) is 138 cm³/mol. The van der Waals surface area contributed by atoms with Crippen LogP contribution in [0.2, 0.25) is 0 Å². The van der Waals surface area contributed by atoms with Crippen molar-refractivity contribution in [1.82, 2.24) is 0 Å². The van der Waals surface area contributed by atoms with Crippen molar-refractivity contribution in [2.75, 3.05) is 13.2 Å². The normalized spacial score (nSPS) is 14.1. The van der Waals surface area contributed by atoms with Gasteiger partial charge in [0.15, 0.2) is 17.2 Å². The van der Waals surface area contributed by atoms with Gasteiger partial charge in [0.05, 0.1) is 13.2 Å². The fourth-order valence-electron chi connectivity index (χ4n) is 3.94. The van der Waals surface area contributed by atoms with Gasteiger partial charge in [0.1, 0.15) is 0 Å². The lowest BCUT2D eigenvalue weighted by Gasteiger charge is -2.12. The molecule has 4 aromatic rings. The zero-order valence-corrected chi connectivity index (χ0v) is 19.4. The Bertz CT molecular complexity index is 1420. The molecule has 5 heteroatoms. The van der Waals surface area contributed by atoms with Crippen molar-refractivity contribution in [3.63, 3.8) is 0 Å². The number of nitrogens with zero attached hydrogens (tertiary/aromatic N) is 1. The van der Waals surface area contributed by atoms with Crippen LogP contribution in [0.15, 0.2) is 102 Å². The van der Waals surface area contributed by atoms with Crippen LogP contribution in [-0.4, -0.2) is 25.1 Å². The summed E-state index contributed by atoms with van der Waals surface area (Å²) in [6, 6.07) is 29.7. The molecule has 0 spiro atoms. The van der Waals surface area contributed by atoms with Crippen LogP contribution in [0, 0.1) is 0 Å². The summed E-state index contributed by atoms with van der Waals surface area (Å²) in [7, 11) is 0. The first-order valence-electron chi connectivity index (χ1n) is 11.6. The molecule has 1 aliphatic rings. The molecular formula is C30H25NO4. The van der Waals surface area contributed by atoms with Gasteiger partial charge in [-0.3, -0.25) is 0 Å². The van der Waals surface area contributed by atoms with E-state index >= 15 is 0 Å². The van der Waals surface area contributed by atoms with Gasteiger partial charge in [-0.2, -0.15) is 0 Å². The molecule has 0 amide bonds. The molecule has 35 heavy (non-hydrogen) atoms. The van der Waals surface area contributed by atoms with Gasteiger partial charge >= 0.3 is 5.97 Å². The minimum Gasteiger partial charge on any atom is -0.490 e. The van der Waals surface area contributed by atoms with E-state index < -0.39 is 5.97 Å². The first-order chi connectivity index (χ1) is 17.2. The molecule has 0 bridgehead atoms. The SMILES string of the molecule is CCOc1cc(/C=C2\N=C(c3ccc4ccccc4c3)OC2=O)ccc1OCCc1ccccc1. The van der Waals surface area contributed by atoms with E-state index in [4.69, 9.17) is 14.2 Å². The van der Waals surface area contributed by atoms with Crippen molar-refractivity contribution in [3.8, 4) is 11.5 Å². The van der Waals surface area contributed by atoms with Crippen LogP contribution in [0.5, 0.6) is 11.5 Å². The first kappa shape index (κ1) is 22.4. The third-order valence-electron chi connectivity index (χ3n) is 5.68. The summed E-state index contributed by atoms with van der Waals surface area (Å²) < 4.78 is 17.2. The maximum absolute atomic E-state index is 12.5. The van der Waals surface area contributed by atoms with E-state index in [1.165, 1.54) is 5.56 Å². The Labute approximate surface area is 204 Å². The maximum atomic E-state index is 12.5. The van der Waals surface area contributed by atoms with Crippen LogP contribution in [-0.2, 0) is 16.0 Å². The minimum absolute atomic E-state index is 0.244. The Morgan fingerprint density at radius 1 is 0.829 bits per heavy atom. The monoisotopic (exact) mass is 463 g/mol. The van der Waals surface area contributed by atoms with Gasteiger partial charge < -0.3 is 14.2 Å². The van der Waals surface area contributed by atoms with Crippen molar-refractivity contribution in [1.29, 1.82) is 0 Å². The zero-order valence-electron chi connectivity index (χ0n) is 19.4. The molecule has 0 fully saturated rings. The van der Waals surface area contributed by atoms with Crippen LogP contribution in [0.1, 0.15) is 23.6 Å². The average Bonchev–Trinajstić information content (AvgIpc) is 3.25. The zero-order chi connectivity index (χ0) is 24.0. The van der Waals surface area contributed by atoms with Gasteiger partial charge in [-0.15, -0.1) is 0 Å². The number of hydrogen-bond acceptors (Lipinski definition) is 5. The molecule has 1 heterocycles. The van der Waals surface area contributed by atoms with Crippen molar-refractivity contribution in [3.05, 3.63) is 113 Å². The maximum Gasteiger partial charge on any atom is 0.363 e. The Morgan fingerprint density at radius 3 is 2.46 bits per heavy atom. The van der Waals surface area contributed by atoms with Gasteiger partial charge in [0, 0.05) is 12.0 Å². The predicted octanol–water partition coefficient (Wildman–Crippen LogP) is 6.20. The van der Waals surface area contributed by atoms with Crippen molar-refractivity contribution in [2.24, 2.45) is 4.99 Å². The number of aliphatic imine (C=N–C) groups is 1. The number of ether oxygens (including phenoxy) is 3. The Morgan fingerprint density at radius 2 is 1.63 bits per heavy atom. The molecular weight excluding hydrogens is 438 g/mol. The standard InChI is InChI=1S/C30H25NO4/c1-2-33-28-19-22(12-15-27(28)34-17-16-21-8-4-3-5-9-21)18-26-30(32)35-29(31-26)25-14-13-23-10-6-7-11-24(23)20-25/h3-15,18-20H,2,16-17H2,1H3/b26-18-. The largest absolute Gasteiger partial charge is 0.490 e. The lowest BCUT2D eigenvalue weighted by atomic mass is 10.1. The molecule has 0 N–H and O–H groups in total. The van der Waals surface area contributed by atoms with Crippen LogP contribution in [0.4, 0.5) is 0 Å². The lowest BCUT2D eigenvalue weighted by molar-refractivity contribution is -0.129. The molecule has 0 saturated heterocycles. The third-order valence-corrected chi connectivity index (χ3v) is 5.68. The number of cyclic esters (lactones) is 1. The number of fused-ring (bicyclic) bond motifs is 1. The summed E-state index contributed by atoms with van der Waals surface area (Å²) in [6.07, 6.45) is 2.50. The summed E-state index contributed by atoms with van der Waals surface area (Å²) in [5.41, 5.74) is 3.00. The van der Waals surface area contributed by atoms with Gasteiger partial charge in [0.25, 0.3) is 0 Å². The quantitative estimate of drug-likeness (QED) is 0.230. The molecule has 0 aromatic heterocycles. The second-order valence-electron chi connectivity index (χ2n) is 8.12. The lowest BCUT2D eigenvalue weighted by Crippen LogP contribution is -2.05. The highest BCUT2D eigenvalue weighted by Gasteiger charge is 2.24. The third kappa shape index (κ3) is 5.25. The van der Waals surface area contributed by atoms with Crippen LogP contribution < -0.4 is 9.47 Å². The Hall–Kier alpha value is -4.38. The first-order valence-corrected chi connectivity index (χ1v) is 11.6. The fourth-order valence-corrected chi connectivity index (χ4v) is 3.94. The summed E-state index contributed by atoms with van der Waals surface area (Å²) in [5, 5.41) is 2.18. The van der Waals surface area contributed by atoms with Crippen molar-refractivity contribution < 1.29 is 19.0 Å². The number of carbonyl (C=O) groups is 1. The van der Waals surface area contributed by atoms with Gasteiger partial charge in [-0.25, -0.2) is 9.79 Å². The number of hydrogen-bond donors (Lipinski definition) is 0. The highest BCUT2D eigenvalue weighted by molar-refractivity contribution is 6.13. The number of esters is 1. The molecule has 0 aliphatic carbocycles. The summed E-state index contributed by atoms with van der Waals surface area (Å²) in [5.74, 6) is 1.12. The molecule has 0 saturated carbocycles. The summed E-state index contributed by atoms with van der Waals surface area (Å²) in [4.78, 5) is 17.0. The highest BCUT2D eigenvalue weighted by Crippen LogP contribution is 2.30. The van der Waals surface area contributed by atoms with Crippen LogP contribution in [0.3, 0.4) is 0 Å². The molecule has 1 aliphatic heterocycles. The van der Waals surface area contributed by atoms with E-state index in [1.807, 2.05) is 85.8 Å². The number of carbonyl (C=O) groups excluding carboxylic acids is 1. The van der Waals surface area contributed by atoms with Gasteiger partial charge in [-0.05, 0) is 59.2 Å². The molecule has 0 atom stereocenters. The second-order valence-corrected chi connectivity index (χ2v) is 8.12. The van der Waals surface area contributed by atoms with Crippen LogP contribution >= 0.6 is 0 Å². The van der Waals surface area contributed by atoms with E-state index in [0.717, 1.165) is 28.3 Å². The van der Waals surface area contributed by atoms with E-state index in [2.05, 4.69) is 17.1 Å². The molecule has 5 rings (SSSR count). The highest BCUT2D eigenvalue weighted by atomic mass is 16.6. The Kier molecular flexibility index (Phi) is 6.57. The van der Waals surface area contributed by atoms with Gasteiger partial charge in [0.2, 0.25) is 5.90 Å². The second kappa shape index (κ2) is 10.3. The van der Waals surface area contributed by atoms with Gasteiger partial charge in [-0.1, -0.05) is 66.7 Å². The molecule has 0 radical (unpaired) electrons. The Balaban J connectivity index is 1.35. The molecule has 174 valence electrons. The fraction of sp³-hybridized carbons (Fsp3) is 0.133. The van der Waals surface area contributed by atoms with E-state index in [-0.39, 0.29) is 5.70 Å². The number of rotatable bonds is 8. The van der Waals surface area contributed by atoms with E-state index in [9.17, 15) is 4.79 Å². The van der Waals surface area contributed by atoms with E-state index in [0.29, 0.717) is 30.6 Å². The average molecular weight is 464 g/mol. The summed E-state index contributed by atoms with van der Waals surface area (Å²) >= 11 is 0. The smallest absolute Gasteiger partial charge is 0.363 e. The molecule has 5 nitrogen and oxygen atoms in total. The topological polar surface area (TPSA) is 57.1 Å². The molecule has 4 aromatic carbocycles. The van der Waals surface area contributed by atoms with Crippen molar-refractivity contribution in [2.45, 2.75) is 13.3 Å². The molecule has 0 unspecified atom stereocenters.